The molecule has 0 saturated carbocycles. The lowest BCUT2D eigenvalue weighted by molar-refractivity contribution is -0.115. The number of aliphatic hydroxyl groups is 1. The molecule has 18 heavy (non-hydrogen) atoms. The number of hydrogen-bond acceptors (Lipinski definition) is 3. The number of thiophene rings is 1. The van der Waals surface area contributed by atoms with Gasteiger partial charge in [0.1, 0.15) is 0 Å². The largest absolute Gasteiger partial charge is 0.392 e. The summed E-state index contributed by atoms with van der Waals surface area (Å²) in [5.74, 6) is -0.0318. The van der Waals surface area contributed by atoms with Crippen LogP contribution in [-0.2, 0) is 17.8 Å². The lowest BCUT2D eigenvalue weighted by atomic mass is 10.1. The molecular formula is C14H15NO2S. The number of carbonyl (C=O) groups excluding carboxylic acids is 1. The lowest BCUT2D eigenvalue weighted by Gasteiger charge is -2.09. The number of hydrogen-bond donors (Lipinski definition) is 2. The number of aliphatic hydroxyl groups excluding tert-OH is 1. The Kier molecular flexibility index (Phi) is 4.12. The fourth-order valence-corrected chi connectivity index (χ4v) is 2.37. The van der Waals surface area contributed by atoms with E-state index in [-0.39, 0.29) is 12.5 Å². The second kappa shape index (κ2) is 5.80. The van der Waals surface area contributed by atoms with Crippen LogP contribution in [0.15, 0.2) is 35.7 Å². The molecule has 0 saturated heterocycles. The van der Waals surface area contributed by atoms with Crippen LogP contribution in [0.2, 0.25) is 0 Å². The van der Waals surface area contributed by atoms with Crippen molar-refractivity contribution in [3.05, 3.63) is 51.7 Å². The molecule has 4 heteroatoms. The number of amides is 1. The normalized spacial score (nSPS) is 10.3. The summed E-state index contributed by atoms with van der Waals surface area (Å²) < 4.78 is 0. The van der Waals surface area contributed by atoms with Crippen LogP contribution < -0.4 is 5.32 Å². The van der Waals surface area contributed by atoms with Gasteiger partial charge in [0.05, 0.1) is 13.0 Å². The van der Waals surface area contributed by atoms with Crippen molar-refractivity contribution in [2.45, 2.75) is 20.0 Å². The zero-order chi connectivity index (χ0) is 13.0. The summed E-state index contributed by atoms with van der Waals surface area (Å²) in [4.78, 5) is 12.9. The summed E-state index contributed by atoms with van der Waals surface area (Å²) in [6, 6.07) is 9.43. The van der Waals surface area contributed by atoms with E-state index in [9.17, 15) is 4.79 Å². The Morgan fingerprint density at radius 1 is 1.39 bits per heavy atom. The maximum absolute atomic E-state index is 11.9. The molecule has 1 aromatic carbocycles. The highest BCUT2D eigenvalue weighted by atomic mass is 32.1. The van der Waals surface area contributed by atoms with Crippen LogP contribution in [-0.4, -0.2) is 11.0 Å². The highest BCUT2D eigenvalue weighted by Gasteiger charge is 2.07. The quantitative estimate of drug-likeness (QED) is 0.889. The first-order valence-electron chi connectivity index (χ1n) is 5.71. The minimum atomic E-state index is -0.0318. The summed E-state index contributed by atoms with van der Waals surface area (Å²) in [6.07, 6.45) is 0.389. The van der Waals surface area contributed by atoms with Crippen LogP contribution in [0.1, 0.15) is 16.0 Å². The maximum atomic E-state index is 11.9. The average molecular weight is 261 g/mol. The van der Waals surface area contributed by atoms with Crippen molar-refractivity contribution in [3.8, 4) is 0 Å². The minimum Gasteiger partial charge on any atom is -0.392 e. The molecule has 94 valence electrons. The number of anilines is 1. The number of carbonyl (C=O) groups is 1. The molecule has 2 rings (SSSR count). The van der Waals surface area contributed by atoms with Crippen molar-refractivity contribution < 1.29 is 9.90 Å². The fourth-order valence-electron chi connectivity index (χ4n) is 1.67. The van der Waals surface area contributed by atoms with Crippen LogP contribution >= 0.6 is 11.3 Å². The summed E-state index contributed by atoms with van der Waals surface area (Å²) >= 11 is 1.57. The van der Waals surface area contributed by atoms with Crippen LogP contribution in [0.25, 0.3) is 0 Å². The summed E-state index contributed by atoms with van der Waals surface area (Å²) in [5.41, 5.74) is 2.56. The van der Waals surface area contributed by atoms with E-state index in [1.165, 1.54) is 0 Å². The molecule has 0 spiro atoms. The van der Waals surface area contributed by atoms with E-state index >= 15 is 0 Å². The van der Waals surface area contributed by atoms with Gasteiger partial charge < -0.3 is 10.4 Å². The van der Waals surface area contributed by atoms with E-state index in [4.69, 9.17) is 5.11 Å². The molecule has 1 aromatic heterocycles. The minimum absolute atomic E-state index is 0.0198. The van der Waals surface area contributed by atoms with E-state index in [1.54, 1.807) is 11.3 Å². The highest BCUT2D eigenvalue weighted by Crippen LogP contribution is 2.18. The standard InChI is InChI=1S/C14H15NO2S/c1-10-4-5-11(9-16)7-13(10)15-14(17)8-12-3-2-6-18-12/h2-7,16H,8-9H2,1H3,(H,15,17). The molecule has 0 radical (unpaired) electrons. The fraction of sp³-hybridized carbons (Fsp3) is 0.214. The van der Waals surface area contributed by atoms with E-state index in [1.807, 2.05) is 42.6 Å². The van der Waals surface area contributed by atoms with Gasteiger partial charge in [-0.25, -0.2) is 0 Å². The Balaban J connectivity index is 2.06. The van der Waals surface area contributed by atoms with Gasteiger partial charge in [-0.05, 0) is 35.6 Å². The molecule has 0 bridgehead atoms. The van der Waals surface area contributed by atoms with Crippen molar-refractivity contribution in [1.29, 1.82) is 0 Å². The SMILES string of the molecule is Cc1ccc(CO)cc1NC(=O)Cc1cccs1. The van der Waals surface area contributed by atoms with Crippen LogP contribution in [0.4, 0.5) is 5.69 Å². The first kappa shape index (κ1) is 12.8. The third-order valence-electron chi connectivity index (χ3n) is 2.67. The zero-order valence-electron chi connectivity index (χ0n) is 10.1. The van der Waals surface area contributed by atoms with E-state index < -0.39 is 0 Å². The Labute approximate surface area is 110 Å². The summed E-state index contributed by atoms with van der Waals surface area (Å²) in [5, 5.41) is 13.9. The van der Waals surface area contributed by atoms with Gasteiger partial charge in [-0.15, -0.1) is 11.3 Å². The van der Waals surface area contributed by atoms with Gasteiger partial charge in [0.15, 0.2) is 0 Å². The van der Waals surface area contributed by atoms with E-state index in [2.05, 4.69) is 5.32 Å². The van der Waals surface area contributed by atoms with Gasteiger partial charge in [-0.2, -0.15) is 0 Å². The Hall–Kier alpha value is -1.65. The number of benzene rings is 1. The van der Waals surface area contributed by atoms with Gasteiger partial charge in [-0.1, -0.05) is 18.2 Å². The Morgan fingerprint density at radius 2 is 2.22 bits per heavy atom. The molecule has 0 aliphatic carbocycles. The van der Waals surface area contributed by atoms with Gasteiger partial charge in [-0.3, -0.25) is 4.79 Å². The summed E-state index contributed by atoms with van der Waals surface area (Å²) in [6.45, 7) is 1.91. The van der Waals surface area contributed by atoms with Crippen LogP contribution in [0.3, 0.4) is 0 Å². The van der Waals surface area contributed by atoms with Gasteiger partial charge in [0.2, 0.25) is 5.91 Å². The third kappa shape index (κ3) is 3.18. The van der Waals surface area contributed by atoms with E-state index in [0.717, 1.165) is 21.7 Å². The third-order valence-corrected chi connectivity index (χ3v) is 3.55. The number of rotatable bonds is 4. The van der Waals surface area contributed by atoms with Gasteiger partial charge in [0, 0.05) is 10.6 Å². The van der Waals surface area contributed by atoms with E-state index in [0.29, 0.717) is 6.42 Å². The smallest absolute Gasteiger partial charge is 0.229 e. The van der Waals surface area contributed by atoms with Gasteiger partial charge >= 0.3 is 0 Å². The topological polar surface area (TPSA) is 49.3 Å². The zero-order valence-corrected chi connectivity index (χ0v) is 11.0. The number of aryl methyl sites for hydroxylation is 1. The van der Waals surface area contributed by atoms with Crippen molar-refractivity contribution in [3.63, 3.8) is 0 Å². The molecular weight excluding hydrogens is 246 g/mol. The molecule has 1 amide bonds. The lowest BCUT2D eigenvalue weighted by Crippen LogP contribution is -2.14. The Bertz CT molecular complexity index is 535. The molecule has 0 aliphatic rings. The highest BCUT2D eigenvalue weighted by molar-refractivity contribution is 7.10. The first-order chi connectivity index (χ1) is 8.69. The Morgan fingerprint density at radius 3 is 2.89 bits per heavy atom. The van der Waals surface area contributed by atoms with Crippen molar-refractivity contribution in [2.75, 3.05) is 5.32 Å². The molecule has 2 aromatic rings. The molecule has 0 atom stereocenters. The van der Waals surface area contributed by atoms with Gasteiger partial charge in [0.25, 0.3) is 0 Å². The molecule has 0 aliphatic heterocycles. The average Bonchev–Trinajstić information content (AvgIpc) is 2.84. The molecule has 0 unspecified atom stereocenters. The summed E-state index contributed by atoms with van der Waals surface area (Å²) in [7, 11) is 0. The second-order valence-electron chi connectivity index (χ2n) is 4.11. The predicted octanol–water partition coefficient (Wildman–Crippen LogP) is 2.73. The number of nitrogens with one attached hydrogen (secondary N) is 1. The monoisotopic (exact) mass is 261 g/mol. The van der Waals surface area contributed by atoms with Crippen molar-refractivity contribution in [1.82, 2.24) is 0 Å². The molecule has 3 nitrogen and oxygen atoms in total. The second-order valence-corrected chi connectivity index (χ2v) is 5.14. The van der Waals surface area contributed by atoms with Crippen LogP contribution in [0, 0.1) is 6.92 Å². The first-order valence-corrected chi connectivity index (χ1v) is 6.59. The molecule has 2 N–H and O–H groups in total. The predicted molar refractivity (Wildman–Crippen MR) is 73.8 cm³/mol. The molecule has 0 fully saturated rings. The maximum Gasteiger partial charge on any atom is 0.229 e. The molecule has 1 heterocycles. The van der Waals surface area contributed by atoms with Crippen molar-refractivity contribution in [2.24, 2.45) is 0 Å². The van der Waals surface area contributed by atoms with Crippen LogP contribution in [0.5, 0.6) is 0 Å². The van der Waals surface area contributed by atoms with Crippen molar-refractivity contribution >= 4 is 22.9 Å².